The molecular formula is C17H23N3O2. The highest BCUT2D eigenvalue weighted by Crippen LogP contribution is 2.24. The van der Waals surface area contributed by atoms with Crippen molar-refractivity contribution < 1.29 is 9.59 Å². The zero-order valence-electron chi connectivity index (χ0n) is 13.0. The first-order chi connectivity index (χ1) is 10.7. The Morgan fingerprint density at radius 2 is 2.18 bits per heavy atom. The van der Waals surface area contributed by atoms with Crippen molar-refractivity contribution in [1.29, 1.82) is 0 Å². The topological polar surface area (TPSA) is 52.7 Å². The number of anilines is 1. The molecule has 1 N–H and O–H groups in total. The SMILES string of the molecule is CC[C@@H]1CCCCN1C(=O)c1cccc(N2CCNC2=O)c1. The Labute approximate surface area is 131 Å². The highest BCUT2D eigenvalue weighted by molar-refractivity contribution is 5.98. The van der Waals surface area contributed by atoms with E-state index in [9.17, 15) is 9.59 Å². The fraction of sp³-hybridized carbons (Fsp3) is 0.529. The first kappa shape index (κ1) is 14.9. The molecule has 3 rings (SSSR count). The molecule has 2 fully saturated rings. The quantitative estimate of drug-likeness (QED) is 0.933. The van der Waals surface area contributed by atoms with E-state index in [-0.39, 0.29) is 11.9 Å². The normalized spacial score (nSPS) is 21.9. The molecule has 1 aromatic carbocycles. The van der Waals surface area contributed by atoms with Gasteiger partial charge in [-0.15, -0.1) is 0 Å². The molecule has 0 aliphatic carbocycles. The number of nitrogens with one attached hydrogen (secondary N) is 1. The minimum absolute atomic E-state index is 0.0889. The van der Waals surface area contributed by atoms with Gasteiger partial charge >= 0.3 is 6.03 Å². The molecule has 0 spiro atoms. The van der Waals surface area contributed by atoms with E-state index in [0.29, 0.717) is 24.7 Å². The van der Waals surface area contributed by atoms with Gasteiger partial charge in [-0.05, 0) is 43.9 Å². The Balaban J connectivity index is 1.82. The van der Waals surface area contributed by atoms with Crippen LogP contribution in [-0.2, 0) is 0 Å². The number of likely N-dealkylation sites (tertiary alicyclic amines) is 1. The summed E-state index contributed by atoms with van der Waals surface area (Å²) in [6, 6.07) is 7.69. The van der Waals surface area contributed by atoms with Crippen molar-refractivity contribution in [2.24, 2.45) is 0 Å². The lowest BCUT2D eigenvalue weighted by Crippen LogP contribution is -2.43. The molecule has 5 heteroatoms. The first-order valence-corrected chi connectivity index (χ1v) is 8.17. The molecule has 5 nitrogen and oxygen atoms in total. The van der Waals surface area contributed by atoms with Gasteiger partial charge in [-0.25, -0.2) is 4.79 Å². The van der Waals surface area contributed by atoms with E-state index in [4.69, 9.17) is 0 Å². The van der Waals surface area contributed by atoms with Gasteiger partial charge in [0.1, 0.15) is 0 Å². The Bertz CT molecular complexity index is 573. The van der Waals surface area contributed by atoms with Crippen molar-refractivity contribution >= 4 is 17.6 Å². The molecule has 2 heterocycles. The molecule has 2 saturated heterocycles. The molecule has 0 saturated carbocycles. The van der Waals surface area contributed by atoms with Crippen LogP contribution in [0.3, 0.4) is 0 Å². The maximum atomic E-state index is 12.8. The number of amides is 3. The maximum Gasteiger partial charge on any atom is 0.321 e. The first-order valence-electron chi connectivity index (χ1n) is 8.17. The van der Waals surface area contributed by atoms with Gasteiger partial charge in [0.2, 0.25) is 0 Å². The van der Waals surface area contributed by atoms with E-state index in [1.165, 1.54) is 6.42 Å². The molecule has 22 heavy (non-hydrogen) atoms. The van der Waals surface area contributed by atoms with Crippen molar-refractivity contribution in [3.05, 3.63) is 29.8 Å². The highest BCUT2D eigenvalue weighted by Gasteiger charge is 2.27. The standard InChI is InChI=1S/C17H23N3O2/c1-2-14-7-3-4-10-19(14)16(21)13-6-5-8-15(12-13)20-11-9-18-17(20)22/h5-6,8,12,14H,2-4,7,9-11H2,1H3,(H,18,22)/t14-/m1/s1. The van der Waals surface area contributed by atoms with Gasteiger partial charge in [-0.1, -0.05) is 13.0 Å². The number of hydrogen-bond donors (Lipinski definition) is 1. The van der Waals surface area contributed by atoms with E-state index < -0.39 is 0 Å². The summed E-state index contributed by atoms with van der Waals surface area (Å²) in [5, 5.41) is 2.79. The van der Waals surface area contributed by atoms with Crippen molar-refractivity contribution in [3.8, 4) is 0 Å². The third-order valence-corrected chi connectivity index (χ3v) is 4.62. The number of urea groups is 1. The van der Waals surface area contributed by atoms with E-state index in [1.54, 1.807) is 4.90 Å². The average Bonchev–Trinajstić information content (AvgIpc) is 3.00. The fourth-order valence-corrected chi connectivity index (χ4v) is 3.38. The molecule has 2 aliphatic heterocycles. The van der Waals surface area contributed by atoms with Crippen molar-refractivity contribution in [1.82, 2.24) is 10.2 Å². The second kappa shape index (κ2) is 6.38. The Morgan fingerprint density at radius 1 is 1.32 bits per heavy atom. The van der Waals surface area contributed by atoms with Gasteiger partial charge in [-0.2, -0.15) is 0 Å². The Morgan fingerprint density at radius 3 is 2.91 bits per heavy atom. The van der Waals surface area contributed by atoms with Crippen LogP contribution < -0.4 is 10.2 Å². The number of benzene rings is 1. The number of carbonyl (C=O) groups excluding carboxylic acids is 2. The summed E-state index contributed by atoms with van der Waals surface area (Å²) >= 11 is 0. The van der Waals surface area contributed by atoms with Gasteiger partial charge in [0, 0.05) is 36.9 Å². The molecule has 0 aromatic heterocycles. The third kappa shape index (κ3) is 2.80. The van der Waals surface area contributed by atoms with Crippen LogP contribution in [0.15, 0.2) is 24.3 Å². The van der Waals surface area contributed by atoms with Crippen LogP contribution in [0.1, 0.15) is 43.0 Å². The summed E-state index contributed by atoms with van der Waals surface area (Å²) in [5.41, 5.74) is 1.48. The summed E-state index contributed by atoms with van der Waals surface area (Å²) < 4.78 is 0. The third-order valence-electron chi connectivity index (χ3n) is 4.62. The smallest absolute Gasteiger partial charge is 0.321 e. The number of hydrogen-bond acceptors (Lipinski definition) is 2. The van der Waals surface area contributed by atoms with Gasteiger partial charge in [0.15, 0.2) is 0 Å². The molecule has 2 aliphatic rings. The van der Waals surface area contributed by atoms with Crippen LogP contribution in [0, 0.1) is 0 Å². The van der Waals surface area contributed by atoms with Crippen molar-refractivity contribution in [2.45, 2.75) is 38.6 Å². The minimum atomic E-state index is -0.0889. The Kier molecular flexibility index (Phi) is 4.32. The summed E-state index contributed by atoms with van der Waals surface area (Å²) in [7, 11) is 0. The predicted molar refractivity (Wildman–Crippen MR) is 86.2 cm³/mol. The van der Waals surface area contributed by atoms with Crippen LogP contribution >= 0.6 is 0 Å². The number of carbonyl (C=O) groups is 2. The lowest BCUT2D eigenvalue weighted by Gasteiger charge is -2.35. The summed E-state index contributed by atoms with van der Waals surface area (Å²) in [4.78, 5) is 28.3. The second-order valence-corrected chi connectivity index (χ2v) is 5.99. The number of nitrogens with zero attached hydrogens (tertiary/aromatic N) is 2. The average molecular weight is 301 g/mol. The highest BCUT2D eigenvalue weighted by atomic mass is 16.2. The van der Waals surface area contributed by atoms with E-state index in [2.05, 4.69) is 12.2 Å². The predicted octanol–water partition coefficient (Wildman–Crippen LogP) is 2.62. The largest absolute Gasteiger partial charge is 0.336 e. The van der Waals surface area contributed by atoms with Crippen LogP contribution in [0.25, 0.3) is 0 Å². The van der Waals surface area contributed by atoms with Crippen molar-refractivity contribution in [2.75, 3.05) is 24.5 Å². The molecule has 0 bridgehead atoms. The van der Waals surface area contributed by atoms with Gasteiger partial charge in [0.25, 0.3) is 5.91 Å². The van der Waals surface area contributed by atoms with Gasteiger partial charge in [-0.3, -0.25) is 9.69 Å². The zero-order valence-corrected chi connectivity index (χ0v) is 13.0. The summed E-state index contributed by atoms with van der Waals surface area (Å²) in [6.45, 7) is 4.28. The Hall–Kier alpha value is -2.04. The fourth-order valence-electron chi connectivity index (χ4n) is 3.38. The lowest BCUT2D eigenvalue weighted by atomic mass is 9.99. The summed E-state index contributed by atoms with van der Waals surface area (Å²) in [5.74, 6) is 0.0907. The van der Waals surface area contributed by atoms with Gasteiger partial charge < -0.3 is 10.2 Å². The molecule has 118 valence electrons. The van der Waals surface area contributed by atoms with Crippen LogP contribution in [0.5, 0.6) is 0 Å². The van der Waals surface area contributed by atoms with E-state index in [1.807, 2.05) is 29.2 Å². The van der Waals surface area contributed by atoms with Crippen LogP contribution in [0.2, 0.25) is 0 Å². The van der Waals surface area contributed by atoms with Crippen LogP contribution in [-0.4, -0.2) is 42.5 Å². The maximum absolute atomic E-state index is 12.8. The van der Waals surface area contributed by atoms with E-state index >= 15 is 0 Å². The molecule has 1 aromatic rings. The minimum Gasteiger partial charge on any atom is -0.336 e. The molecular weight excluding hydrogens is 278 g/mol. The summed E-state index contributed by atoms with van der Waals surface area (Å²) in [6.07, 6.45) is 4.38. The van der Waals surface area contributed by atoms with E-state index in [0.717, 1.165) is 31.5 Å². The van der Waals surface area contributed by atoms with Gasteiger partial charge in [0.05, 0.1) is 0 Å². The monoisotopic (exact) mass is 301 g/mol. The van der Waals surface area contributed by atoms with Crippen LogP contribution in [0.4, 0.5) is 10.5 Å². The molecule has 0 radical (unpaired) electrons. The molecule has 1 atom stereocenters. The molecule has 3 amide bonds. The number of piperidine rings is 1. The second-order valence-electron chi connectivity index (χ2n) is 5.99. The van der Waals surface area contributed by atoms with Crippen molar-refractivity contribution in [3.63, 3.8) is 0 Å². The number of rotatable bonds is 3. The molecule has 0 unspecified atom stereocenters. The lowest BCUT2D eigenvalue weighted by molar-refractivity contribution is 0.0608. The zero-order chi connectivity index (χ0) is 15.5.